The zero-order valence-corrected chi connectivity index (χ0v) is 11.2. The Morgan fingerprint density at radius 1 is 1.00 bits per heavy atom. The SMILES string of the molecule is C=CCc1ccccc1Oc1cccc2c1C(=O)OC2=O. The lowest BCUT2D eigenvalue weighted by molar-refractivity contribution is 0.0443. The normalized spacial score (nSPS) is 12.8. The van der Waals surface area contributed by atoms with Gasteiger partial charge in [0.05, 0.1) is 5.56 Å². The Kier molecular flexibility index (Phi) is 3.28. The van der Waals surface area contributed by atoms with E-state index in [9.17, 15) is 9.59 Å². The number of hydrogen-bond acceptors (Lipinski definition) is 4. The van der Waals surface area contributed by atoms with Crippen molar-refractivity contribution in [1.29, 1.82) is 0 Å². The second-order valence-corrected chi connectivity index (χ2v) is 4.56. The summed E-state index contributed by atoms with van der Waals surface area (Å²) >= 11 is 0. The molecule has 21 heavy (non-hydrogen) atoms. The van der Waals surface area contributed by atoms with Crippen LogP contribution in [0, 0.1) is 0 Å². The molecular weight excluding hydrogens is 268 g/mol. The van der Waals surface area contributed by atoms with Crippen LogP contribution in [-0.4, -0.2) is 11.9 Å². The molecule has 4 heteroatoms. The van der Waals surface area contributed by atoms with Gasteiger partial charge < -0.3 is 9.47 Å². The van der Waals surface area contributed by atoms with Gasteiger partial charge in [0.15, 0.2) is 0 Å². The highest BCUT2D eigenvalue weighted by atomic mass is 16.6. The first kappa shape index (κ1) is 13.1. The molecule has 1 heterocycles. The molecule has 1 aliphatic heterocycles. The quantitative estimate of drug-likeness (QED) is 0.488. The number of esters is 2. The van der Waals surface area contributed by atoms with Gasteiger partial charge in [-0.25, -0.2) is 9.59 Å². The molecule has 0 atom stereocenters. The maximum absolute atomic E-state index is 11.8. The Morgan fingerprint density at radius 2 is 1.76 bits per heavy atom. The van der Waals surface area contributed by atoms with E-state index in [2.05, 4.69) is 11.3 Å². The maximum Gasteiger partial charge on any atom is 0.350 e. The van der Waals surface area contributed by atoms with Crippen molar-refractivity contribution < 1.29 is 19.1 Å². The summed E-state index contributed by atoms with van der Waals surface area (Å²) in [6.07, 6.45) is 2.42. The lowest BCUT2D eigenvalue weighted by Gasteiger charge is -2.11. The fourth-order valence-electron chi connectivity index (χ4n) is 2.23. The fraction of sp³-hybridized carbons (Fsp3) is 0.0588. The number of para-hydroxylation sites is 1. The summed E-state index contributed by atoms with van der Waals surface area (Å²) in [6.45, 7) is 3.71. The lowest BCUT2D eigenvalue weighted by Crippen LogP contribution is -1.99. The Morgan fingerprint density at radius 3 is 2.57 bits per heavy atom. The van der Waals surface area contributed by atoms with Crippen LogP contribution in [0.4, 0.5) is 0 Å². The van der Waals surface area contributed by atoms with Gasteiger partial charge in [-0.1, -0.05) is 30.3 Å². The summed E-state index contributed by atoms with van der Waals surface area (Å²) in [7, 11) is 0. The van der Waals surface area contributed by atoms with Crippen molar-refractivity contribution >= 4 is 11.9 Å². The summed E-state index contributed by atoms with van der Waals surface area (Å²) in [5, 5.41) is 0. The molecule has 0 bridgehead atoms. The summed E-state index contributed by atoms with van der Waals surface area (Å²) < 4.78 is 10.4. The molecule has 0 aliphatic carbocycles. The third kappa shape index (κ3) is 2.31. The number of rotatable bonds is 4. The van der Waals surface area contributed by atoms with E-state index in [0.29, 0.717) is 17.9 Å². The van der Waals surface area contributed by atoms with Crippen LogP contribution in [-0.2, 0) is 11.2 Å². The van der Waals surface area contributed by atoms with Crippen molar-refractivity contribution in [2.45, 2.75) is 6.42 Å². The van der Waals surface area contributed by atoms with Crippen molar-refractivity contribution in [2.24, 2.45) is 0 Å². The Bertz CT molecular complexity index is 746. The molecule has 0 spiro atoms. The van der Waals surface area contributed by atoms with E-state index in [1.54, 1.807) is 30.3 Å². The smallest absolute Gasteiger partial charge is 0.350 e. The van der Waals surface area contributed by atoms with Gasteiger partial charge in [0.1, 0.15) is 17.1 Å². The van der Waals surface area contributed by atoms with Crippen LogP contribution in [0.2, 0.25) is 0 Å². The van der Waals surface area contributed by atoms with Crippen LogP contribution in [0.1, 0.15) is 26.3 Å². The van der Waals surface area contributed by atoms with E-state index in [-0.39, 0.29) is 11.1 Å². The number of allylic oxidation sites excluding steroid dienone is 1. The van der Waals surface area contributed by atoms with Gasteiger partial charge in [-0.15, -0.1) is 6.58 Å². The maximum atomic E-state index is 11.8. The Hall–Kier alpha value is -2.88. The molecule has 0 saturated heterocycles. The molecule has 104 valence electrons. The highest BCUT2D eigenvalue weighted by Gasteiger charge is 2.33. The van der Waals surface area contributed by atoms with Crippen LogP contribution in [0.25, 0.3) is 0 Å². The van der Waals surface area contributed by atoms with Gasteiger partial charge in [-0.05, 0) is 30.2 Å². The predicted molar refractivity (Wildman–Crippen MR) is 76.6 cm³/mol. The van der Waals surface area contributed by atoms with E-state index in [1.165, 1.54) is 0 Å². The minimum Gasteiger partial charge on any atom is -0.456 e. The van der Waals surface area contributed by atoms with Gasteiger partial charge in [0, 0.05) is 0 Å². The molecule has 0 fully saturated rings. The summed E-state index contributed by atoms with van der Waals surface area (Å²) in [5.74, 6) is -0.371. The zero-order valence-electron chi connectivity index (χ0n) is 11.2. The van der Waals surface area contributed by atoms with Crippen LogP contribution in [0.15, 0.2) is 55.1 Å². The Labute approximate surface area is 121 Å². The molecule has 2 aromatic rings. The number of carbonyl (C=O) groups excluding carboxylic acids is 2. The first-order valence-electron chi connectivity index (χ1n) is 6.47. The molecule has 2 aromatic carbocycles. The standard InChI is InChI=1S/C17H12O4/c1-2-6-11-7-3-4-9-13(11)20-14-10-5-8-12-15(14)17(19)21-16(12)18/h2-5,7-10H,1,6H2. The highest BCUT2D eigenvalue weighted by Crippen LogP contribution is 2.33. The number of fused-ring (bicyclic) bond motifs is 1. The third-order valence-electron chi connectivity index (χ3n) is 3.19. The minimum absolute atomic E-state index is 0.177. The van der Waals surface area contributed by atoms with E-state index >= 15 is 0 Å². The van der Waals surface area contributed by atoms with Crippen LogP contribution in [0.5, 0.6) is 11.5 Å². The average molecular weight is 280 g/mol. The first-order chi connectivity index (χ1) is 10.2. The van der Waals surface area contributed by atoms with Gasteiger partial charge >= 0.3 is 11.9 Å². The summed E-state index contributed by atoms with van der Waals surface area (Å²) in [6, 6.07) is 12.3. The van der Waals surface area contributed by atoms with Gasteiger partial charge in [-0.3, -0.25) is 0 Å². The molecule has 0 saturated carbocycles. The lowest BCUT2D eigenvalue weighted by atomic mass is 10.1. The average Bonchev–Trinajstić information content (AvgIpc) is 2.77. The van der Waals surface area contributed by atoms with Crippen LogP contribution < -0.4 is 4.74 Å². The van der Waals surface area contributed by atoms with Crippen LogP contribution >= 0.6 is 0 Å². The highest BCUT2D eigenvalue weighted by molar-refractivity contribution is 6.16. The molecule has 0 N–H and O–H groups in total. The number of ether oxygens (including phenoxy) is 2. The fourth-order valence-corrected chi connectivity index (χ4v) is 2.23. The monoisotopic (exact) mass is 280 g/mol. The van der Waals surface area contributed by atoms with Crippen LogP contribution in [0.3, 0.4) is 0 Å². The molecule has 0 radical (unpaired) electrons. The van der Waals surface area contributed by atoms with E-state index in [0.717, 1.165) is 5.56 Å². The molecule has 1 aliphatic rings. The van der Waals surface area contributed by atoms with Gasteiger partial charge in [0.2, 0.25) is 0 Å². The van der Waals surface area contributed by atoms with Crippen molar-refractivity contribution in [1.82, 2.24) is 0 Å². The number of cyclic esters (lactones) is 2. The minimum atomic E-state index is -0.674. The number of benzene rings is 2. The summed E-state index contributed by atoms with van der Waals surface area (Å²) in [4.78, 5) is 23.3. The van der Waals surface area contributed by atoms with Crippen molar-refractivity contribution in [3.05, 3.63) is 71.8 Å². The second-order valence-electron chi connectivity index (χ2n) is 4.56. The number of carbonyl (C=O) groups is 2. The van der Waals surface area contributed by atoms with Crippen molar-refractivity contribution in [3.63, 3.8) is 0 Å². The summed E-state index contributed by atoms with van der Waals surface area (Å²) in [5.41, 5.74) is 1.36. The molecule has 3 rings (SSSR count). The topological polar surface area (TPSA) is 52.6 Å². The molecular formula is C17H12O4. The molecule has 0 unspecified atom stereocenters. The van der Waals surface area contributed by atoms with Crippen molar-refractivity contribution in [2.75, 3.05) is 0 Å². The molecule has 0 aromatic heterocycles. The predicted octanol–water partition coefficient (Wildman–Crippen LogP) is 3.52. The molecule has 4 nitrogen and oxygen atoms in total. The van der Waals surface area contributed by atoms with Gasteiger partial charge in [-0.2, -0.15) is 0 Å². The van der Waals surface area contributed by atoms with E-state index in [4.69, 9.17) is 4.74 Å². The van der Waals surface area contributed by atoms with E-state index in [1.807, 2.05) is 18.2 Å². The van der Waals surface area contributed by atoms with Crippen molar-refractivity contribution in [3.8, 4) is 11.5 Å². The largest absolute Gasteiger partial charge is 0.456 e. The second kappa shape index (κ2) is 5.25. The first-order valence-corrected chi connectivity index (χ1v) is 6.47. The molecule has 0 amide bonds. The van der Waals surface area contributed by atoms with Gasteiger partial charge in [0.25, 0.3) is 0 Å². The Balaban J connectivity index is 2.03. The zero-order chi connectivity index (χ0) is 14.8. The number of hydrogen-bond donors (Lipinski definition) is 0. The van der Waals surface area contributed by atoms with E-state index < -0.39 is 11.9 Å². The third-order valence-corrected chi connectivity index (χ3v) is 3.19.